The summed E-state index contributed by atoms with van der Waals surface area (Å²) in [5.41, 5.74) is 0. The van der Waals surface area contributed by atoms with Gasteiger partial charge in [-0.1, -0.05) is 11.3 Å². The molecule has 0 fully saturated rings. The maximum absolute atomic E-state index is 10.6. The zero-order valence-electron chi connectivity index (χ0n) is 5.21. The predicted molar refractivity (Wildman–Crippen MR) is 35.7 cm³/mol. The van der Waals surface area contributed by atoms with Gasteiger partial charge in [0.1, 0.15) is 5.82 Å². The van der Waals surface area contributed by atoms with Crippen LogP contribution in [0.3, 0.4) is 0 Å². The van der Waals surface area contributed by atoms with E-state index in [4.69, 9.17) is 0 Å². The average Bonchev–Trinajstić information content (AvgIpc) is 1.59. The number of aromatic nitrogens is 2. The Balaban J connectivity index is 3.33. The molecule has 1 heterocycles. The lowest BCUT2D eigenvalue weighted by Gasteiger charge is -1.87. The highest BCUT2D eigenvalue weighted by atomic mass is 32.1. The second-order valence-electron chi connectivity index (χ2n) is 1.66. The van der Waals surface area contributed by atoms with Gasteiger partial charge in [0.2, 0.25) is 0 Å². The van der Waals surface area contributed by atoms with Gasteiger partial charge in [0.25, 0.3) is 0 Å². The first-order valence-electron chi connectivity index (χ1n) is 2.51. The van der Waals surface area contributed by atoms with Crippen molar-refractivity contribution in [3.63, 3.8) is 0 Å². The van der Waals surface area contributed by atoms with E-state index in [1.807, 2.05) is 0 Å². The van der Waals surface area contributed by atoms with Crippen molar-refractivity contribution in [1.29, 1.82) is 0 Å². The quantitative estimate of drug-likeness (QED) is 0.530. The van der Waals surface area contributed by atoms with E-state index < -0.39 is 0 Å². The van der Waals surface area contributed by atoms with Crippen molar-refractivity contribution in [3.8, 4) is 0 Å². The minimum atomic E-state index is -0.167. The molecule has 0 aliphatic carbocycles. The predicted octanol–water partition coefficient (Wildman–Crippen LogP) is 0.515. The van der Waals surface area contributed by atoms with E-state index in [9.17, 15) is 4.79 Å². The third kappa shape index (κ3) is 1.57. The molecule has 4 heteroatoms. The van der Waals surface area contributed by atoms with Crippen molar-refractivity contribution >= 4 is 11.3 Å². The first-order valence-corrected chi connectivity index (χ1v) is 3.32. The number of nitrogens with zero attached hydrogens (tertiary/aromatic N) is 2. The van der Waals surface area contributed by atoms with E-state index in [1.54, 1.807) is 13.8 Å². The summed E-state index contributed by atoms with van der Waals surface area (Å²) < 4.78 is 0. The number of hydrogen-bond acceptors (Lipinski definition) is 4. The average molecular weight is 142 g/mol. The molecule has 48 valence electrons. The Morgan fingerprint density at radius 2 is 2.00 bits per heavy atom. The molecule has 1 aromatic rings. The standard InChI is InChI=1S/C5H6N2OS/c1-3-6-4(2)9-5(8)7-3/h1-2H3. The van der Waals surface area contributed by atoms with Crippen molar-refractivity contribution in [2.45, 2.75) is 13.8 Å². The van der Waals surface area contributed by atoms with Crippen molar-refractivity contribution in [2.75, 3.05) is 0 Å². The molecular formula is C5H6N2OS. The first-order chi connectivity index (χ1) is 4.18. The highest BCUT2D eigenvalue weighted by Gasteiger charge is 1.91. The van der Waals surface area contributed by atoms with Gasteiger partial charge in [-0.05, 0) is 13.8 Å². The molecule has 1 rings (SSSR count). The monoisotopic (exact) mass is 142 g/mol. The first kappa shape index (κ1) is 6.35. The van der Waals surface area contributed by atoms with E-state index in [0.29, 0.717) is 5.82 Å². The van der Waals surface area contributed by atoms with Crippen LogP contribution >= 0.6 is 11.3 Å². The molecule has 0 spiro atoms. The second kappa shape index (κ2) is 2.23. The van der Waals surface area contributed by atoms with Crippen LogP contribution in [0.2, 0.25) is 0 Å². The van der Waals surface area contributed by atoms with Gasteiger partial charge in [-0.15, -0.1) is 0 Å². The highest BCUT2D eigenvalue weighted by Crippen LogP contribution is 1.92. The molecule has 0 aliphatic heterocycles. The van der Waals surface area contributed by atoms with Crippen LogP contribution in [-0.2, 0) is 0 Å². The molecule has 0 saturated heterocycles. The molecule has 0 aromatic carbocycles. The topological polar surface area (TPSA) is 42.9 Å². The Morgan fingerprint density at radius 1 is 1.33 bits per heavy atom. The third-order valence-electron chi connectivity index (χ3n) is 0.807. The molecular weight excluding hydrogens is 136 g/mol. The van der Waals surface area contributed by atoms with Crippen molar-refractivity contribution in [3.05, 3.63) is 20.5 Å². The van der Waals surface area contributed by atoms with E-state index in [1.165, 1.54) is 0 Å². The number of rotatable bonds is 0. The number of aryl methyl sites for hydroxylation is 2. The van der Waals surface area contributed by atoms with Crippen LogP contribution in [0, 0.1) is 13.8 Å². The van der Waals surface area contributed by atoms with Crippen LogP contribution in [0.25, 0.3) is 0 Å². The van der Waals surface area contributed by atoms with Crippen molar-refractivity contribution in [2.24, 2.45) is 0 Å². The molecule has 0 N–H and O–H groups in total. The highest BCUT2D eigenvalue weighted by molar-refractivity contribution is 7.08. The Kier molecular flexibility index (Phi) is 1.57. The summed E-state index contributed by atoms with van der Waals surface area (Å²) in [5, 5.41) is 0.771. The largest absolute Gasteiger partial charge is 0.329 e. The molecule has 0 radical (unpaired) electrons. The van der Waals surface area contributed by atoms with E-state index >= 15 is 0 Å². The number of hydrogen-bond donors (Lipinski definition) is 0. The van der Waals surface area contributed by atoms with Gasteiger partial charge in [-0.2, -0.15) is 4.98 Å². The Morgan fingerprint density at radius 3 is 2.44 bits per heavy atom. The van der Waals surface area contributed by atoms with Crippen LogP contribution in [0.15, 0.2) is 4.79 Å². The Bertz CT molecular complexity index is 245. The molecule has 0 amide bonds. The lowest BCUT2D eigenvalue weighted by Crippen LogP contribution is -2.04. The van der Waals surface area contributed by atoms with Gasteiger partial charge in [-0.3, -0.25) is 4.79 Å². The van der Waals surface area contributed by atoms with Gasteiger partial charge < -0.3 is 0 Å². The zero-order chi connectivity index (χ0) is 6.85. The molecule has 0 unspecified atom stereocenters. The van der Waals surface area contributed by atoms with Gasteiger partial charge >= 0.3 is 4.87 Å². The minimum absolute atomic E-state index is 0.167. The summed E-state index contributed by atoms with van der Waals surface area (Å²) in [7, 11) is 0. The fraction of sp³-hybridized carbons (Fsp3) is 0.400. The van der Waals surface area contributed by atoms with Crippen LogP contribution in [0.5, 0.6) is 0 Å². The summed E-state index contributed by atoms with van der Waals surface area (Å²) in [6.45, 7) is 3.50. The molecule has 3 nitrogen and oxygen atoms in total. The smallest absolute Gasteiger partial charge is 0.255 e. The van der Waals surface area contributed by atoms with Crippen LogP contribution in [-0.4, -0.2) is 9.97 Å². The van der Waals surface area contributed by atoms with Crippen LogP contribution in [0.1, 0.15) is 10.8 Å². The maximum Gasteiger partial charge on any atom is 0.329 e. The maximum atomic E-state index is 10.6. The van der Waals surface area contributed by atoms with E-state index in [0.717, 1.165) is 16.3 Å². The molecule has 0 bridgehead atoms. The fourth-order valence-corrected chi connectivity index (χ4v) is 1.17. The second-order valence-corrected chi connectivity index (χ2v) is 2.80. The lowest BCUT2D eigenvalue weighted by atomic mass is 10.7. The van der Waals surface area contributed by atoms with Crippen LogP contribution in [0.4, 0.5) is 0 Å². The molecule has 0 saturated carbocycles. The SMILES string of the molecule is Cc1nc(C)sc(=O)n1. The molecule has 9 heavy (non-hydrogen) atoms. The van der Waals surface area contributed by atoms with Gasteiger partial charge in [0, 0.05) is 0 Å². The Hall–Kier alpha value is -0.770. The Labute approximate surface area is 56.4 Å². The minimum Gasteiger partial charge on any atom is -0.255 e. The zero-order valence-corrected chi connectivity index (χ0v) is 6.03. The van der Waals surface area contributed by atoms with Crippen molar-refractivity contribution in [1.82, 2.24) is 9.97 Å². The molecule has 0 atom stereocenters. The van der Waals surface area contributed by atoms with E-state index in [-0.39, 0.29) is 4.87 Å². The molecule has 0 aliphatic rings. The lowest BCUT2D eigenvalue weighted by molar-refractivity contribution is 1.03. The van der Waals surface area contributed by atoms with Gasteiger partial charge in [0.05, 0.1) is 5.01 Å². The summed E-state index contributed by atoms with van der Waals surface area (Å²) in [6, 6.07) is 0. The summed E-state index contributed by atoms with van der Waals surface area (Å²) in [5.74, 6) is 0.552. The normalized spacial score (nSPS) is 9.56. The van der Waals surface area contributed by atoms with Gasteiger partial charge in [-0.25, -0.2) is 4.98 Å². The summed E-state index contributed by atoms with van der Waals surface area (Å²) in [4.78, 5) is 17.9. The summed E-state index contributed by atoms with van der Waals surface area (Å²) >= 11 is 1.07. The van der Waals surface area contributed by atoms with Gasteiger partial charge in [0.15, 0.2) is 0 Å². The summed E-state index contributed by atoms with van der Waals surface area (Å²) in [6.07, 6.45) is 0. The van der Waals surface area contributed by atoms with E-state index in [2.05, 4.69) is 9.97 Å². The van der Waals surface area contributed by atoms with Crippen LogP contribution < -0.4 is 4.87 Å². The third-order valence-corrected chi connectivity index (χ3v) is 1.46. The molecule has 1 aromatic heterocycles. The van der Waals surface area contributed by atoms with Crippen molar-refractivity contribution < 1.29 is 0 Å². The fourth-order valence-electron chi connectivity index (χ4n) is 0.557.